The summed E-state index contributed by atoms with van der Waals surface area (Å²) >= 11 is 0. The van der Waals surface area contributed by atoms with E-state index in [0.29, 0.717) is 6.61 Å². The smallest absolute Gasteiger partial charge is 0.253 e. The molecule has 138 valence electrons. The molecule has 1 aliphatic rings. The minimum absolute atomic E-state index is 0.0538. The maximum atomic E-state index is 12.8. The molecule has 0 spiro atoms. The van der Waals surface area contributed by atoms with Gasteiger partial charge >= 0.3 is 0 Å². The van der Waals surface area contributed by atoms with Gasteiger partial charge in [-0.3, -0.25) is 9.63 Å². The van der Waals surface area contributed by atoms with Crippen molar-refractivity contribution in [3.05, 3.63) is 78.4 Å². The lowest BCUT2D eigenvalue weighted by atomic mass is 9.84. The lowest BCUT2D eigenvalue weighted by molar-refractivity contribution is -0.133. The first kappa shape index (κ1) is 17.5. The number of para-hydroxylation sites is 1. The zero-order valence-corrected chi connectivity index (χ0v) is 15.4. The fraction of sp³-hybridized carbons (Fsp3) is 0.273. The third kappa shape index (κ3) is 3.78. The average Bonchev–Trinajstić information content (AvgIpc) is 3.08. The summed E-state index contributed by atoms with van der Waals surface area (Å²) in [4.78, 5) is 23.0. The molecule has 0 saturated heterocycles. The van der Waals surface area contributed by atoms with Gasteiger partial charge in [0.05, 0.1) is 5.69 Å². The predicted octanol–water partition coefficient (Wildman–Crippen LogP) is 4.45. The molecule has 3 aromatic rings. The molecule has 5 nitrogen and oxygen atoms in total. The van der Waals surface area contributed by atoms with Crippen LogP contribution in [-0.4, -0.2) is 15.5 Å². The number of rotatable bonds is 6. The number of amides is 1. The van der Waals surface area contributed by atoms with Gasteiger partial charge in [0, 0.05) is 24.0 Å². The Morgan fingerprint density at radius 3 is 2.48 bits per heavy atom. The Morgan fingerprint density at radius 2 is 1.89 bits per heavy atom. The first-order chi connectivity index (χ1) is 13.2. The SMILES string of the molecule is Cc1nccn1-c1ccc(CON(C(=O)C2CCC2)c2ccccc2)cc1. The van der Waals surface area contributed by atoms with Gasteiger partial charge in [-0.1, -0.05) is 36.8 Å². The predicted molar refractivity (Wildman–Crippen MR) is 104 cm³/mol. The monoisotopic (exact) mass is 361 g/mol. The zero-order valence-electron chi connectivity index (χ0n) is 15.4. The van der Waals surface area contributed by atoms with Crippen LogP contribution in [0.15, 0.2) is 67.0 Å². The summed E-state index contributed by atoms with van der Waals surface area (Å²) in [6.07, 6.45) is 6.74. The van der Waals surface area contributed by atoms with E-state index in [1.165, 1.54) is 5.06 Å². The Labute approximate surface area is 159 Å². The molecule has 0 unspecified atom stereocenters. The fourth-order valence-electron chi connectivity index (χ4n) is 3.19. The number of carbonyl (C=O) groups excluding carboxylic acids is 1. The minimum atomic E-state index is 0.0538. The number of hydroxylamine groups is 1. The molecule has 1 fully saturated rings. The number of carbonyl (C=O) groups is 1. The number of nitrogens with zero attached hydrogens (tertiary/aromatic N) is 3. The van der Waals surface area contributed by atoms with E-state index in [-0.39, 0.29) is 11.8 Å². The van der Waals surface area contributed by atoms with Gasteiger partial charge in [0.2, 0.25) is 0 Å². The molecule has 5 heteroatoms. The van der Waals surface area contributed by atoms with E-state index in [0.717, 1.165) is 42.0 Å². The zero-order chi connectivity index (χ0) is 18.6. The summed E-state index contributed by atoms with van der Waals surface area (Å²) in [7, 11) is 0. The van der Waals surface area contributed by atoms with Gasteiger partial charge in [0.25, 0.3) is 5.91 Å². The Morgan fingerprint density at radius 1 is 1.15 bits per heavy atom. The quantitative estimate of drug-likeness (QED) is 0.610. The fourth-order valence-corrected chi connectivity index (χ4v) is 3.19. The Hall–Kier alpha value is -2.92. The van der Waals surface area contributed by atoms with Crippen molar-refractivity contribution >= 4 is 11.6 Å². The first-order valence-corrected chi connectivity index (χ1v) is 9.33. The van der Waals surface area contributed by atoms with E-state index in [1.807, 2.05) is 72.3 Å². The van der Waals surface area contributed by atoms with Gasteiger partial charge in [-0.15, -0.1) is 0 Å². The van der Waals surface area contributed by atoms with Gasteiger partial charge in [0.1, 0.15) is 12.4 Å². The number of aromatic nitrogens is 2. The molecular weight excluding hydrogens is 338 g/mol. The highest BCUT2D eigenvalue weighted by Gasteiger charge is 2.31. The number of imidazole rings is 1. The summed E-state index contributed by atoms with van der Waals surface area (Å²) in [5.41, 5.74) is 2.85. The summed E-state index contributed by atoms with van der Waals surface area (Å²) in [5.74, 6) is 1.08. The largest absolute Gasteiger partial charge is 0.304 e. The van der Waals surface area contributed by atoms with Crippen molar-refractivity contribution in [2.45, 2.75) is 32.8 Å². The molecule has 4 rings (SSSR count). The van der Waals surface area contributed by atoms with Gasteiger partial charge in [-0.05, 0) is 49.6 Å². The maximum absolute atomic E-state index is 12.8. The van der Waals surface area contributed by atoms with E-state index in [2.05, 4.69) is 4.98 Å². The second kappa shape index (κ2) is 7.76. The molecule has 0 radical (unpaired) electrons. The topological polar surface area (TPSA) is 47.4 Å². The van der Waals surface area contributed by atoms with Crippen molar-refractivity contribution in [3.63, 3.8) is 0 Å². The number of benzene rings is 2. The Kier molecular flexibility index (Phi) is 5.03. The normalized spacial score (nSPS) is 14.0. The molecule has 2 aromatic carbocycles. The third-order valence-corrected chi connectivity index (χ3v) is 5.05. The minimum Gasteiger partial charge on any atom is -0.304 e. The molecule has 1 saturated carbocycles. The van der Waals surface area contributed by atoms with E-state index in [4.69, 9.17) is 4.84 Å². The standard InChI is InChI=1S/C22H23N3O2/c1-17-23-14-15-24(17)20-12-10-18(11-13-20)16-27-25(21-8-3-2-4-9-21)22(26)19-6-5-7-19/h2-4,8-15,19H,5-7,16H2,1H3. The van der Waals surface area contributed by atoms with Crippen molar-refractivity contribution in [1.29, 1.82) is 0 Å². The molecule has 0 bridgehead atoms. The van der Waals surface area contributed by atoms with Crippen molar-refractivity contribution in [3.8, 4) is 5.69 Å². The number of hydrogen-bond acceptors (Lipinski definition) is 3. The lowest BCUT2D eigenvalue weighted by Gasteiger charge is -2.30. The maximum Gasteiger partial charge on any atom is 0.253 e. The second-order valence-corrected chi connectivity index (χ2v) is 6.88. The molecular formula is C22H23N3O2. The van der Waals surface area contributed by atoms with Crippen LogP contribution in [0.4, 0.5) is 5.69 Å². The summed E-state index contributed by atoms with van der Waals surface area (Å²) in [6.45, 7) is 2.32. The first-order valence-electron chi connectivity index (χ1n) is 9.33. The summed E-state index contributed by atoms with van der Waals surface area (Å²) in [6, 6.07) is 17.7. The number of aryl methyl sites for hydroxylation is 1. The van der Waals surface area contributed by atoms with Crippen LogP contribution in [0.1, 0.15) is 30.7 Å². The van der Waals surface area contributed by atoms with Crippen LogP contribution in [0.5, 0.6) is 0 Å². The van der Waals surface area contributed by atoms with Crippen molar-refractivity contribution < 1.29 is 9.63 Å². The second-order valence-electron chi connectivity index (χ2n) is 6.88. The number of anilines is 1. The summed E-state index contributed by atoms with van der Waals surface area (Å²) in [5, 5.41) is 1.47. The molecule has 1 amide bonds. The molecule has 1 aliphatic carbocycles. The molecule has 1 aromatic heterocycles. The van der Waals surface area contributed by atoms with Gasteiger partial charge in [-0.25, -0.2) is 4.98 Å². The highest BCUT2D eigenvalue weighted by Crippen LogP contribution is 2.30. The molecule has 0 aliphatic heterocycles. The van der Waals surface area contributed by atoms with Crippen molar-refractivity contribution in [1.82, 2.24) is 9.55 Å². The van der Waals surface area contributed by atoms with E-state index in [1.54, 1.807) is 6.20 Å². The average molecular weight is 361 g/mol. The van der Waals surface area contributed by atoms with E-state index < -0.39 is 0 Å². The Balaban J connectivity index is 1.47. The molecule has 0 atom stereocenters. The van der Waals surface area contributed by atoms with Crippen molar-refractivity contribution in [2.75, 3.05) is 5.06 Å². The van der Waals surface area contributed by atoms with Crippen LogP contribution in [0, 0.1) is 12.8 Å². The van der Waals surface area contributed by atoms with E-state index >= 15 is 0 Å². The third-order valence-electron chi connectivity index (χ3n) is 5.05. The van der Waals surface area contributed by atoms with Crippen LogP contribution < -0.4 is 5.06 Å². The van der Waals surface area contributed by atoms with E-state index in [9.17, 15) is 4.79 Å². The van der Waals surface area contributed by atoms with Gasteiger partial charge in [-0.2, -0.15) is 5.06 Å². The molecule has 0 N–H and O–H groups in total. The molecule has 27 heavy (non-hydrogen) atoms. The van der Waals surface area contributed by atoms with Crippen LogP contribution in [0.25, 0.3) is 5.69 Å². The van der Waals surface area contributed by atoms with Crippen LogP contribution in [0.3, 0.4) is 0 Å². The number of hydrogen-bond donors (Lipinski definition) is 0. The lowest BCUT2D eigenvalue weighted by Crippen LogP contribution is -2.39. The highest BCUT2D eigenvalue weighted by atomic mass is 16.7. The van der Waals surface area contributed by atoms with Crippen LogP contribution in [-0.2, 0) is 16.2 Å². The highest BCUT2D eigenvalue weighted by molar-refractivity contribution is 5.93. The van der Waals surface area contributed by atoms with Crippen molar-refractivity contribution in [2.24, 2.45) is 5.92 Å². The van der Waals surface area contributed by atoms with Crippen LogP contribution >= 0.6 is 0 Å². The van der Waals surface area contributed by atoms with Crippen LogP contribution in [0.2, 0.25) is 0 Å². The summed E-state index contributed by atoms with van der Waals surface area (Å²) < 4.78 is 2.03. The Bertz CT molecular complexity index is 899. The van der Waals surface area contributed by atoms with Gasteiger partial charge in [0.15, 0.2) is 0 Å². The van der Waals surface area contributed by atoms with Gasteiger partial charge < -0.3 is 4.57 Å². The molecule has 1 heterocycles.